The van der Waals surface area contributed by atoms with Gasteiger partial charge in [0.2, 0.25) is 17.7 Å². The van der Waals surface area contributed by atoms with Gasteiger partial charge < -0.3 is 30.1 Å². The normalized spacial score (nSPS) is 31.1. The van der Waals surface area contributed by atoms with Crippen LogP contribution in [0.3, 0.4) is 0 Å². The smallest absolute Gasteiger partial charge is 0.246 e. The molecule has 0 aromatic heterocycles. The van der Waals surface area contributed by atoms with E-state index in [9.17, 15) is 19.5 Å². The van der Waals surface area contributed by atoms with Crippen LogP contribution in [0, 0.1) is 17.8 Å². The fraction of sp³-hybridized carbons (Fsp3) is 0.516. The highest BCUT2D eigenvalue weighted by atomic mass is 16.5. The Morgan fingerprint density at radius 3 is 2.45 bits per heavy atom. The average Bonchev–Trinajstić information content (AvgIpc) is 3.47. The van der Waals surface area contributed by atoms with Gasteiger partial charge in [0.05, 0.1) is 36.7 Å². The predicted molar refractivity (Wildman–Crippen MR) is 149 cm³/mol. The van der Waals surface area contributed by atoms with Crippen LogP contribution in [0.1, 0.15) is 46.1 Å². The SMILES string of the molecule is CCOc1ccc(NC(=O)[C@H]2[C@H]3C(=O)N([C@@H](CC)CO)C(C(=O)NCc4ccccc4)C34CC(C)[C@]2(C)O4)cc1. The van der Waals surface area contributed by atoms with Crippen LogP contribution in [0.25, 0.3) is 0 Å². The van der Waals surface area contributed by atoms with Gasteiger partial charge in [0.1, 0.15) is 17.4 Å². The number of nitrogens with one attached hydrogen (secondary N) is 2. The molecule has 2 aromatic carbocycles. The van der Waals surface area contributed by atoms with Crippen molar-refractivity contribution in [2.24, 2.45) is 17.8 Å². The van der Waals surface area contributed by atoms with Gasteiger partial charge in [0, 0.05) is 12.2 Å². The topological polar surface area (TPSA) is 117 Å². The fourth-order valence-corrected chi connectivity index (χ4v) is 7.09. The lowest BCUT2D eigenvalue weighted by Crippen LogP contribution is -2.58. The molecule has 3 saturated heterocycles. The number of hydrogen-bond acceptors (Lipinski definition) is 6. The zero-order valence-electron chi connectivity index (χ0n) is 23.6. The number of carbonyl (C=O) groups is 3. The van der Waals surface area contributed by atoms with Crippen LogP contribution < -0.4 is 15.4 Å². The van der Waals surface area contributed by atoms with Crippen molar-refractivity contribution in [1.29, 1.82) is 0 Å². The quantitative estimate of drug-likeness (QED) is 0.419. The third-order valence-electron chi connectivity index (χ3n) is 9.10. The van der Waals surface area contributed by atoms with E-state index in [-0.39, 0.29) is 30.2 Å². The highest BCUT2D eigenvalue weighted by Gasteiger charge is 2.80. The second-order valence-electron chi connectivity index (χ2n) is 11.3. The Kier molecular flexibility index (Phi) is 7.63. The first-order chi connectivity index (χ1) is 19.2. The Morgan fingerprint density at radius 1 is 1.12 bits per heavy atom. The lowest BCUT2D eigenvalue weighted by molar-refractivity contribution is -0.150. The average molecular weight is 550 g/mol. The Bertz CT molecular complexity index is 1250. The number of nitrogens with zero attached hydrogens (tertiary/aromatic N) is 1. The Labute approximate surface area is 235 Å². The summed E-state index contributed by atoms with van der Waals surface area (Å²) in [6.07, 6.45) is 0.928. The predicted octanol–water partition coefficient (Wildman–Crippen LogP) is 3.12. The van der Waals surface area contributed by atoms with E-state index in [0.717, 1.165) is 5.56 Å². The summed E-state index contributed by atoms with van der Waals surface area (Å²) in [5.74, 6) is -2.00. The van der Waals surface area contributed by atoms with E-state index in [1.165, 1.54) is 4.90 Å². The molecule has 3 N–H and O–H groups in total. The summed E-state index contributed by atoms with van der Waals surface area (Å²) in [6.45, 7) is 8.21. The molecule has 3 amide bonds. The number of aliphatic hydroxyl groups is 1. The van der Waals surface area contributed by atoms with Crippen LogP contribution >= 0.6 is 0 Å². The molecule has 3 unspecified atom stereocenters. The third kappa shape index (κ3) is 4.45. The lowest BCUT2D eigenvalue weighted by Gasteiger charge is -2.36. The Hall–Kier alpha value is -3.43. The number of hydrogen-bond donors (Lipinski definition) is 3. The summed E-state index contributed by atoms with van der Waals surface area (Å²) in [5.41, 5.74) is -0.585. The molecule has 7 atom stereocenters. The minimum atomic E-state index is -1.17. The molecule has 40 heavy (non-hydrogen) atoms. The summed E-state index contributed by atoms with van der Waals surface area (Å²) < 4.78 is 12.2. The fourth-order valence-electron chi connectivity index (χ4n) is 7.09. The zero-order valence-corrected chi connectivity index (χ0v) is 23.6. The molecule has 3 aliphatic heterocycles. The summed E-state index contributed by atoms with van der Waals surface area (Å²) in [7, 11) is 0. The summed E-state index contributed by atoms with van der Waals surface area (Å²) >= 11 is 0. The molecule has 3 aliphatic rings. The Morgan fingerprint density at radius 2 is 1.82 bits per heavy atom. The van der Waals surface area contributed by atoms with E-state index >= 15 is 0 Å². The van der Waals surface area contributed by atoms with E-state index in [1.54, 1.807) is 24.3 Å². The number of amides is 3. The van der Waals surface area contributed by atoms with Gasteiger partial charge >= 0.3 is 0 Å². The van der Waals surface area contributed by atoms with Crippen LogP contribution in [-0.2, 0) is 25.7 Å². The number of anilines is 1. The van der Waals surface area contributed by atoms with Crippen molar-refractivity contribution >= 4 is 23.4 Å². The lowest BCUT2D eigenvalue weighted by atomic mass is 9.62. The van der Waals surface area contributed by atoms with Crippen LogP contribution in [0.4, 0.5) is 5.69 Å². The first-order valence-corrected chi connectivity index (χ1v) is 14.2. The van der Waals surface area contributed by atoms with Crippen LogP contribution in [0.2, 0.25) is 0 Å². The molecular weight excluding hydrogens is 510 g/mol. The summed E-state index contributed by atoms with van der Waals surface area (Å²) in [4.78, 5) is 43.5. The highest BCUT2D eigenvalue weighted by molar-refractivity contribution is 6.02. The minimum Gasteiger partial charge on any atom is -0.494 e. The molecule has 3 fully saturated rings. The molecule has 1 spiro atoms. The second-order valence-corrected chi connectivity index (χ2v) is 11.3. The van der Waals surface area contributed by atoms with Crippen molar-refractivity contribution in [2.45, 2.75) is 70.4 Å². The second kappa shape index (κ2) is 10.9. The third-order valence-corrected chi connectivity index (χ3v) is 9.10. The monoisotopic (exact) mass is 549 g/mol. The molecule has 5 rings (SSSR count). The van der Waals surface area contributed by atoms with Gasteiger partial charge in [0.15, 0.2) is 0 Å². The number of carbonyl (C=O) groups excluding carboxylic acids is 3. The van der Waals surface area contributed by atoms with Gasteiger partial charge in [0.25, 0.3) is 0 Å². The summed E-state index contributed by atoms with van der Waals surface area (Å²) in [5, 5.41) is 16.2. The first kappa shape index (κ1) is 28.1. The van der Waals surface area contributed by atoms with Crippen molar-refractivity contribution in [1.82, 2.24) is 10.2 Å². The van der Waals surface area contributed by atoms with Crippen molar-refractivity contribution in [3.05, 3.63) is 60.2 Å². The van der Waals surface area contributed by atoms with Gasteiger partial charge in [-0.1, -0.05) is 44.2 Å². The molecule has 0 saturated carbocycles. The maximum Gasteiger partial charge on any atom is 0.246 e. The standard InChI is InChI=1S/C31H39N3O6/c1-5-22(18-35)34-26(28(37)32-17-20-10-8-7-9-11-20)31-16-19(3)30(4,40-31)24(25(31)29(34)38)27(36)33-21-12-14-23(15-13-21)39-6-2/h7-15,19,22,24-26,35H,5-6,16-18H2,1-4H3,(H,32,37)(H,33,36)/t19?,22-,24+,25-,26?,30-,31?/m0/s1. The van der Waals surface area contributed by atoms with E-state index in [2.05, 4.69) is 10.6 Å². The van der Waals surface area contributed by atoms with Crippen molar-refractivity contribution in [2.75, 3.05) is 18.5 Å². The molecule has 3 heterocycles. The number of likely N-dealkylation sites (tertiary alicyclic amines) is 1. The van der Waals surface area contributed by atoms with Crippen LogP contribution in [0.5, 0.6) is 5.75 Å². The molecule has 9 nitrogen and oxygen atoms in total. The minimum absolute atomic E-state index is 0.0776. The van der Waals surface area contributed by atoms with E-state index < -0.39 is 35.1 Å². The number of ether oxygens (including phenoxy) is 2. The molecule has 0 radical (unpaired) electrons. The molecule has 214 valence electrons. The molecule has 2 aromatic rings. The van der Waals surface area contributed by atoms with Crippen molar-refractivity contribution < 1.29 is 29.0 Å². The van der Waals surface area contributed by atoms with E-state index in [1.807, 2.05) is 58.0 Å². The zero-order chi connectivity index (χ0) is 28.7. The number of aliphatic hydroxyl groups excluding tert-OH is 1. The molecular formula is C31H39N3O6. The van der Waals surface area contributed by atoms with Gasteiger partial charge in [-0.15, -0.1) is 0 Å². The highest BCUT2D eigenvalue weighted by Crippen LogP contribution is 2.65. The van der Waals surface area contributed by atoms with E-state index in [0.29, 0.717) is 37.4 Å². The van der Waals surface area contributed by atoms with Gasteiger partial charge in [-0.05, 0) is 62.4 Å². The molecule has 0 aliphatic carbocycles. The number of benzene rings is 2. The molecule has 2 bridgehead atoms. The van der Waals surface area contributed by atoms with Crippen LogP contribution in [-0.4, -0.2) is 64.2 Å². The first-order valence-electron chi connectivity index (χ1n) is 14.2. The van der Waals surface area contributed by atoms with Crippen molar-refractivity contribution in [3.8, 4) is 5.75 Å². The maximum absolute atomic E-state index is 14.2. The van der Waals surface area contributed by atoms with E-state index in [4.69, 9.17) is 9.47 Å². The van der Waals surface area contributed by atoms with Crippen LogP contribution in [0.15, 0.2) is 54.6 Å². The number of rotatable bonds is 10. The largest absolute Gasteiger partial charge is 0.494 e. The molecule has 9 heteroatoms. The van der Waals surface area contributed by atoms with Gasteiger partial charge in [-0.25, -0.2) is 0 Å². The Balaban J connectivity index is 1.48. The van der Waals surface area contributed by atoms with Gasteiger partial charge in [-0.2, -0.15) is 0 Å². The van der Waals surface area contributed by atoms with Gasteiger partial charge in [-0.3, -0.25) is 14.4 Å². The van der Waals surface area contributed by atoms with Crippen molar-refractivity contribution in [3.63, 3.8) is 0 Å². The maximum atomic E-state index is 14.2. The number of fused-ring (bicyclic) bond motifs is 1. The summed E-state index contributed by atoms with van der Waals surface area (Å²) in [6, 6.07) is 15.1.